The van der Waals surface area contributed by atoms with Crippen LogP contribution in [-0.2, 0) is 15.9 Å². The first kappa shape index (κ1) is 21.3. The molecule has 154 valence electrons. The highest BCUT2D eigenvalue weighted by Gasteiger charge is 2.38. The molecule has 2 aromatic rings. The molecule has 5 atom stereocenters. The molecule has 1 aliphatic rings. The fraction of sp³-hybridized carbons (Fsp3) is 0.360. The monoisotopic (exact) mass is 396 g/mol. The molecular formula is C25H29FO3. The summed E-state index contributed by atoms with van der Waals surface area (Å²) in [6, 6.07) is 17.9. The molecule has 0 radical (unpaired) electrons. The van der Waals surface area contributed by atoms with Crippen molar-refractivity contribution in [1.82, 2.24) is 0 Å². The van der Waals surface area contributed by atoms with Crippen LogP contribution in [0.2, 0.25) is 0 Å². The Balaban J connectivity index is 1.73. The fourth-order valence-electron chi connectivity index (χ4n) is 3.71. The molecule has 1 aliphatic heterocycles. The number of benzene rings is 2. The minimum atomic E-state index is -0.548. The highest BCUT2D eigenvalue weighted by atomic mass is 19.1. The van der Waals surface area contributed by atoms with Gasteiger partial charge in [-0.1, -0.05) is 68.5 Å². The van der Waals surface area contributed by atoms with Crippen LogP contribution in [0.3, 0.4) is 0 Å². The van der Waals surface area contributed by atoms with E-state index in [9.17, 15) is 4.39 Å². The highest BCUT2D eigenvalue weighted by molar-refractivity contribution is 5.28. The Labute approximate surface area is 172 Å². The van der Waals surface area contributed by atoms with E-state index in [4.69, 9.17) is 14.2 Å². The first-order valence-electron chi connectivity index (χ1n) is 10.0. The number of ether oxygens (including phenoxy) is 3. The van der Waals surface area contributed by atoms with Gasteiger partial charge in [0.1, 0.15) is 5.75 Å². The van der Waals surface area contributed by atoms with Gasteiger partial charge in [-0.05, 0) is 30.2 Å². The predicted molar refractivity (Wildman–Crippen MR) is 113 cm³/mol. The van der Waals surface area contributed by atoms with E-state index in [-0.39, 0.29) is 24.0 Å². The molecule has 0 bridgehead atoms. The zero-order chi connectivity index (χ0) is 20.6. The second kappa shape index (κ2) is 10.4. The van der Waals surface area contributed by atoms with Crippen molar-refractivity contribution in [2.45, 2.75) is 38.8 Å². The standard InChI is InChI=1S/C25H29FO3/c1-18(8-7-11-20-9-5-4-6-10-20)24-19(2)23(16-17-26)28-25(29-24)21-12-14-22(27-3)15-13-21/h4-10,12-19,23-25H,11H2,1-3H3/b8-7+,17-16-/t18-,19+,23-,24-,25?/m1/s1. The molecule has 0 spiro atoms. The summed E-state index contributed by atoms with van der Waals surface area (Å²) in [7, 11) is 1.63. The lowest BCUT2D eigenvalue weighted by Gasteiger charge is -2.41. The van der Waals surface area contributed by atoms with E-state index >= 15 is 0 Å². The molecule has 2 aromatic carbocycles. The third-order valence-electron chi connectivity index (χ3n) is 5.40. The van der Waals surface area contributed by atoms with E-state index in [0.29, 0.717) is 6.33 Å². The van der Waals surface area contributed by atoms with Crippen molar-refractivity contribution in [3.63, 3.8) is 0 Å². The third kappa shape index (κ3) is 5.55. The molecule has 1 saturated heterocycles. The van der Waals surface area contributed by atoms with Gasteiger partial charge in [0, 0.05) is 17.4 Å². The first-order valence-corrected chi connectivity index (χ1v) is 10.0. The van der Waals surface area contributed by atoms with Gasteiger partial charge in [-0.25, -0.2) is 4.39 Å². The van der Waals surface area contributed by atoms with Crippen molar-refractivity contribution in [1.29, 1.82) is 0 Å². The van der Waals surface area contributed by atoms with Crippen molar-refractivity contribution in [3.05, 3.63) is 90.3 Å². The van der Waals surface area contributed by atoms with Crippen molar-refractivity contribution in [3.8, 4) is 5.75 Å². The summed E-state index contributed by atoms with van der Waals surface area (Å²) in [6.45, 7) is 4.18. The molecule has 3 rings (SSSR count). The summed E-state index contributed by atoms with van der Waals surface area (Å²) >= 11 is 0. The largest absolute Gasteiger partial charge is 0.497 e. The Morgan fingerprint density at radius 1 is 1.07 bits per heavy atom. The molecule has 29 heavy (non-hydrogen) atoms. The van der Waals surface area contributed by atoms with Gasteiger partial charge in [-0.15, -0.1) is 0 Å². The maximum atomic E-state index is 13.0. The molecule has 1 fully saturated rings. The normalized spacial score (nSPS) is 26.1. The molecule has 4 heteroatoms. The maximum Gasteiger partial charge on any atom is 0.184 e. The van der Waals surface area contributed by atoms with E-state index in [1.165, 1.54) is 11.6 Å². The van der Waals surface area contributed by atoms with Crippen LogP contribution in [0.15, 0.2) is 79.2 Å². The number of rotatable bonds is 7. The van der Waals surface area contributed by atoms with Crippen LogP contribution in [0.25, 0.3) is 0 Å². The fourth-order valence-corrected chi connectivity index (χ4v) is 3.71. The van der Waals surface area contributed by atoms with Gasteiger partial charge >= 0.3 is 0 Å². The zero-order valence-corrected chi connectivity index (χ0v) is 17.2. The van der Waals surface area contributed by atoms with Gasteiger partial charge in [0.2, 0.25) is 0 Å². The summed E-state index contributed by atoms with van der Waals surface area (Å²) in [5, 5.41) is 0. The number of halogens is 1. The number of hydrogen-bond donors (Lipinski definition) is 0. The van der Waals surface area contributed by atoms with E-state index in [1.807, 2.05) is 49.4 Å². The molecule has 1 unspecified atom stereocenters. The molecule has 0 N–H and O–H groups in total. The van der Waals surface area contributed by atoms with Crippen molar-refractivity contribution >= 4 is 0 Å². The zero-order valence-electron chi connectivity index (χ0n) is 17.2. The third-order valence-corrected chi connectivity index (χ3v) is 5.40. The van der Waals surface area contributed by atoms with E-state index in [0.717, 1.165) is 17.7 Å². The average Bonchev–Trinajstić information content (AvgIpc) is 2.76. The highest BCUT2D eigenvalue weighted by Crippen LogP contribution is 2.37. The van der Waals surface area contributed by atoms with Crippen LogP contribution < -0.4 is 4.74 Å². The van der Waals surface area contributed by atoms with Crippen molar-refractivity contribution in [2.75, 3.05) is 7.11 Å². The van der Waals surface area contributed by atoms with Gasteiger partial charge in [0.15, 0.2) is 6.29 Å². The lowest BCUT2D eigenvalue weighted by molar-refractivity contribution is -0.266. The number of hydrogen-bond acceptors (Lipinski definition) is 3. The molecule has 0 aliphatic carbocycles. The summed E-state index contributed by atoms with van der Waals surface area (Å²) in [5.74, 6) is 0.952. The quantitative estimate of drug-likeness (QED) is 0.535. The number of allylic oxidation sites excluding steroid dienone is 1. The molecule has 1 heterocycles. The van der Waals surface area contributed by atoms with E-state index in [1.54, 1.807) is 7.11 Å². The Kier molecular flexibility index (Phi) is 7.62. The minimum Gasteiger partial charge on any atom is -0.497 e. The predicted octanol–water partition coefficient (Wildman–Crippen LogP) is 6.03. The Morgan fingerprint density at radius 2 is 1.79 bits per heavy atom. The van der Waals surface area contributed by atoms with Crippen molar-refractivity contribution < 1.29 is 18.6 Å². The lowest BCUT2D eigenvalue weighted by Crippen LogP contribution is -2.43. The van der Waals surface area contributed by atoms with Crippen LogP contribution in [0.1, 0.15) is 31.3 Å². The topological polar surface area (TPSA) is 27.7 Å². The Morgan fingerprint density at radius 3 is 2.45 bits per heavy atom. The Bertz CT molecular complexity index is 801. The number of methoxy groups -OCH3 is 1. The molecule has 3 nitrogen and oxygen atoms in total. The van der Waals surface area contributed by atoms with Gasteiger partial charge in [-0.3, -0.25) is 0 Å². The van der Waals surface area contributed by atoms with E-state index < -0.39 is 6.29 Å². The van der Waals surface area contributed by atoms with Gasteiger partial charge < -0.3 is 14.2 Å². The van der Waals surface area contributed by atoms with Crippen LogP contribution in [0.5, 0.6) is 5.75 Å². The SMILES string of the molecule is COc1ccc(C2O[C@H]([C@H](C)/C=C/Cc3ccccc3)[C@@H](C)[C@@H](/C=C\F)O2)cc1. The molecule has 0 saturated carbocycles. The van der Waals surface area contributed by atoms with Crippen molar-refractivity contribution in [2.24, 2.45) is 11.8 Å². The second-order valence-electron chi connectivity index (χ2n) is 7.46. The van der Waals surface area contributed by atoms with Crippen LogP contribution >= 0.6 is 0 Å². The summed E-state index contributed by atoms with van der Waals surface area (Å²) in [4.78, 5) is 0. The molecule has 0 amide bonds. The minimum absolute atomic E-state index is 0.0212. The van der Waals surface area contributed by atoms with Crippen LogP contribution in [-0.4, -0.2) is 19.3 Å². The smallest absolute Gasteiger partial charge is 0.184 e. The van der Waals surface area contributed by atoms with Gasteiger partial charge in [0.05, 0.1) is 25.6 Å². The van der Waals surface area contributed by atoms with Crippen LogP contribution in [0, 0.1) is 11.8 Å². The summed E-state index contributed by atoms with van der Waals surface area (Å²) in [5.41, 5.74) is 2.16. The summed E-state index contributed by atoms with van der Waals surface area (Å²) in [6.07, 6.45) is 6.27. The first-order chi connectivity index (χ1) is 14.1. The van der Waals surface area contributed by atoms with Gasteiger partial charge in [0.25, 0.3) is 0 Å². The van der Waals surface area contributed by atoms with E-state index in [2.05, 4.69) is 31.2 Å². The lowest BCUT2D eigenvalue weighted by atomic mass is 9.87. The second-order valence-corrected chi connectivity index (χ2v) is 7.46. The van der Waals surface area contributed by atoms with Gasteiger partial charge in [-0.2, -0.15) is 0 Å². The molecule has 0 aromatic heterocycles. The maximum absolute atomic E-state index is 13.0. The van der Waals surface area contributed by atoms with Crippen LogP contribution in [0.4, 0.5) is 4.39 Å². The Hall–Kier alpha value is -2.43. The summed E-state index contributed by atoms with van der Waals surface area (Å²) < 4.78 is 30.6. The molecular weight excluding hydrogens is 367 g/mol. The average molecular weight is 397 g/mol.